The quantitative estimate of drug-likeness (QED) is 0.606. The molecule has 0 bridgehead atoms. The lowest BCUT2D eigenvalue weighted by molar-refractivity contribution is -0.355. The van der Waals surface area contributed by atoms with Gasteiger partial charge in [0, 0.05) is 18.8 Å². The molecule has 0 radical (unpaired) electrons. The first-order valence-corrected chi connectivity index (χ1v) is 6.54. The van der Waals surface area contributed by atoms with Gasteiger partial charge in [-0.25, -0.2) is 0 Å². The van der Waals surface area contributed by atoms with Crippen molar-refractivity contribution >= 4 is 0 Å². The summed E-state index contributed by atoms with van der Waals surface area (Å²) in [5, 5.41) is 0. The molecule has 0 N–H and O–H groups in total. The van der Waals surface area contributed by atoms with Crippen LogP contribution < -0.4 is 0 Å². The first-order valence-electron chi connectivity index (χ1n) is 6.54. The summed E-state index contributed by atoms with van der Waals surface area (Å²) in [4.78, 5) is 0. The van der Waals surface area contributed by atoms with E-state index in [0.717, 1.165) is 12.2 Å². The summed E-state index contributed by atoms with van der Waals surface area (Å²) in [5.41, 5.74) is 0.715. The lowest BCUT2D eigenvalue weighted by atomic mass is 10.2. The second-order valence-corrected chi connectivity index (χ2v) is 4.00. The lowest BCUT2D eigenvalue weighted by Gasteiger charge is -2.31. The normalized spacial score (nSPS) is 12.2. The number of halogens is 3. The molecule has 0 saturated carbocycles. The Labute approximate surface area is 122 Å². The van der Waals surface area contributed by atoms with Crippen LogP contribution in [-0.4, -0.2) is 25.2 Å². The first-order chi connectivity index (χ1) is 9.95. The summed E-state index contributed by atoms with van der Waals surface area (Å²) in [7, 11) is 0. The lowest BCUT2D eigenvalue weighted by Crippen LogP contribution is -2.48. The number of benzene rings is 1. The molecule has 21 heavy (non-hydrogen) atoms. The topological polar surface area (TPSA) is 18.5 Å². The average molecular weight is 298 g/mol. The van der Waals surface area contributed by atoms with Crippen LogP contribution in [0.25, 0.3) is 0 Å². The van der Waals surface area contributed by atoms with Crippen molar-refractivity contribution < 1.29 is 22.6 Å². The molecule has 0 aliphatic heterocycles. The largest absolute Gasteiger partial charge is 0.447 e. The van der Waals surface area contributed by atoms with Gasteiger partial charge in [0.05, 0.1) is 0 Å². The maximum atomic E-state index is 13.2. The SMILES string of the molecule is CCOC(/C=C/C#Cc1ccccc1)(OCC)C(F)(F)F. The van der Waals surface area contributed by atoms with Crippen molar-refractivity contribution in [2.75, 3.05) is 13.2 Å². The molecule has 0 aliphatic rings. The highest BCUT2D eigenvalue weighted by Crippen LogP contribution is 2.36. The molecule has 1 rings (SSSR count). The highest BCUT2D eigenvalue weighted by molar-refractivity contribution is 5.36. The zero-order valence-electron chi connectivity index (χ0n) is 11.9. The predicted octanol–water partition coefficient (Wildman–Crippen LogP) is 3.93. The summed E-state index contributed by atoms with van der Waals surface area (Å²) >= 11 is 0. The van der Waals surface area contributed by atoms with Gasteiger partial charge in [-0.3, -0.25) is 0 Å². The second kappa shape index (κ2) is 7.87. The molecule has 0 amide bonds. The Balaban J connectivity index is 2.96. The molecular weight excluding hydrogens is 281 g/mol. The minimum Gasteiger partial charge on any atom is -0.340 e. The van der Waals surface area contributed by atoms with Gasteiger partial charge in [0.2, 0.25) is 0 Å². The van der Waals surface area contributed by atoms with Gasteiger partial charge in [0.15, 0.2) is 0 Å². The minimum atomic E-state index is -4.68. The van der Waals surface area contributed by atoms with Gasteiger partial charge in [-0.05, 0) is 38.1 Å². The number of hydrogen-bond acceptors (Lipinski definition) is 2. The average Bonchev–Trinajstić information content (AvgIpc) is 2.44. The number of hydrogen-bond donors (Lipinski definition) is 0. The Morgan fingerprint density at radius 2 is 1.62 bits per heavy atom. The van der Waals surface area contributed by atoms with Crippen molar-refractivity contribution in [1.82, 2.24) is 0 Å². The van der Waals surface area contributed by atoms with E-state index in [-0.39, 0.29) is 13.2 Å². The third-order valence-corrected chi connectivity index (χ3v) is 2.49. The van der Waals surface area contributed by atoms with Crippen molar-refractivity contribution in [2.24, 2.45) is 0 Å². The first kappa shape index (κ1) is 17.3. The highest BCUT2D eigenvalue weighted by atomic mass is 19.4. The summed E-state index contributed by atoms with van der Waals surface area (Å²) < 4.78 is 49.0. The monoisotopic (exact) mass is 298 g/mol. The van der Waals surface area contributed by atoms with E-state index in [9.17, 15) is 13.2 Å². The Morgan fingerprint density at radius 3 is 2.10 bits per heavy atom. The molecule has 1 aromatic rings. The van der Waals surface area contributed by atoms with Crippen molar-refractivity contribution in [3.05, 3.63) is 48.0 Å². The summed E-state index contributed by atoms with van der Waals surface area (Å²) in [6.45, 7) is 2.69. The number of ether oxygens (including phenoxy) is 2. The maximum Gasteiger partial charge on any atom is 0.447 e. The van der Waals surface area contributed by atoms with Gasteiger partial charge in [-0.1, -0.05) is 30.0 Å². The predicted molar refractivity (Wildman–Crippen MR) is 74.5 cm³/mol. The van der Waals surface area contributed by atoms with E-state index >= 15 is 0 Å². The Bertz CT molecular complexity index is 504. The van der Waals surface area contributed by atoms with Gasteiger partial charge in [-0.2, -0.15) is 13.2 Å². The molecule has 1 aromatic carbocycles. The van der Waals surface area contributed by atoms with E-state index in [0.29, 0.717) is 5.56 Å². The van der Waals surface area contributed by atoms with Crippen LogP contribution in [-0.2, 0) is 9.47 Å². The van der Waals surface area contributed by atoms with Gasteiger partial charge < -0.3 is 9.47 Å². The van der Waals surface area contributed by atoms with E-state index < -0.39 is 12.0 Å². The van der Waals surface area contributed by atoms with Crippen LogP contribution >= 0.6 is 0 Å². The molecule has 0 fully saturated rings. The third-order valence-electron chi connectivity index (χ3n) is 2.49. The van der Waals surface area contributed by atoms with Crippen LogP contribution in [0.2, 0.25) is 0 Å². The van der Waals surface area contributed by atoms with Gasteiger partial charge in [-0.15, -0.1) is 0 Å². The fourth-order valence-corrected chi connectivity index (χ4v) is 1.62. The van der Waals surface area contributed by atoms with Gasteiger partial charge in [0.25, 0.3) is 5.79 Å². The zero-order chi connectivity index (χ0) is 15.8. The van der Waals surface area contributed by atoms with Gasteiger partial charge in [0.1, 0.15) is 0 Å². The molecule has 0 unspecified atom stereocenters. The summed E-state index contributed by atoms with van der Waals surface area (Å²) in [6.07, 6.45) is -2.77. The standard InChI is InChI=1S/C16H17F3O2/c1-3-20-15(21-4-2,16(17,18)19)13-9-8-12-14-10-6-5-7-11-14/h5-7,9-11,13H,3-4H2,1-2H3/b13-9+. The molecule has 2 nitrogen and oxygen atoms in total. The van der Waals surface area contributed by atoms with Crippen LogP contribution in [0, 0.1) is 11.8 Å². The minimum absolute atomic E-state index is 0.129. The number of alkyl halides is 3. The van der Waals surface area contributed by atoms with Crippen molar-refractivity contribution in [2.45, 2.75) is 25.8 Å². The molecule has 0 heterocycles. The van der Waals surface area contributed by atoms with E-state index in [2.05, 4.69) is 11.8 Å². The fraction of sp³-hybridized carbons (Fsp3) is 0.375. The van der Waals surface area contributed by atoms with Crippen LogP contribution in [0.5, 0.6) is 0 Å². The Morgan fingerprint density at radius 1 is 1.05 bits per heavy atom. The zero-order valence-corrected chi connectivity index (χ0v) is 11.9. The Kier molecular flexibility index (Phi) is 6.47. The number of rotatable bonds is 5. The molecule has 0 aliphatic carbocycles. The third kappa shape index (κ3) is 4.92. The van der Waals surface area contributed by atoms with Gasteiger partial charge >= 0.3 is 6.18 Å². The van der Waals surface area contributed by atoms with Crippen LogP contribution in [0.3, 0.4) is 0 Å². The van der Waals surface area contributed by atoms with E-state index in [1.807, 2.05) is 6.07 Å². The van der Waals surface area contributed by atoms with Crippen molar-refractivity contribution in [3.63, 3.8) is 0 Å². The fourth-order valence-electron chi connectivity index (χ4n) is 1.62. The van der Waals surface area contributed by atoms with Crippen LogP contribution in [0.1, 0.15) is 19.4 Å². The summed E-state index contributed by atoms with van der Waals surface area (Å²) in [5.74, 6) is 2.54. The smallest absolute Gasteiger partial charge is 0.340 e. The molecule has 114 valence electrons. The van der Waals surface area contributed by atoms with Crippen LogP contribution in [0.4, 0.5) is 13.2 Å². The molecule has 0 aromatic heterocycles. The molecule has 5 heteroatoms. The molecule has 0 atom stereocenters. The molecule has 0 spiro atoms. The Hall–Kier alpha value is -1.77. The van der Waals surface area contributed by atoms with E-state index in [1.54, 1.807) is 24.3 Å². The van der Waals surface area contributed by atoms with E-state index in [4.69, 9.17) is 9.47 Å². The summed E-state index contributed by atoms with van der Waals surface area (Å²) in [6, 6.07) is 8.97. The van der Waals surface area contributed by atoms with E-state index in [1.165, 1.54) is 13.8 Å². The highest BCUT2D eigenvalue weighted by Gasteiger charge is 2.55. The molecular formula is C16H17F3O2. The number of allylic oxidation sites excluding steroid dienone is 1. The molecule has 0 saturated heterocycles. The maximum absolute atomic E-state index is 13.2. The second-order valence-electron chi connectivity index (χ2n) is 4.00. The van der Waals surface area contributed by atoms with Crippen molar-refractivity contribution in [3.8, 4) is 11.8 Å². The van der Waals surface area contributed by atoms with Crippen LogP contribution in [0.15, 0.2) is 42.5 Å². The van der Waals surface area contributed by atoms with Crippen molar-refractivity contribution in [1.29, 1.82) is 0 Å².